The topological polar surface area (TPSA) is 98.7 Å². The van der Waals surface area contributed by atoms with Crippen molar-refractivity contribution in [2.75, 3.05) is 5.32 Å². The fourth-order valence-electron chi connectivity index (χ4n) is 2.48. The van der Waals surface area contributed by atoms with Crippen LogP contribution in [0.4, 0.5) is 5.82 Å². The van der Waals surface area contributed by atoms with Crippen molar-refractivity contribution in [2.45, 2.75) is 13.5 Å². The molecule has 1 aromatic carbocycles. The minimum atomic E-state index is -0.200. The van der Waals surface area contributed by atoms with Crippen molar-refractivity contribution in [2.24, 2.45) is 0 Å². The van der Waals surface area contributed by atoms with Gasteiger partial charge in [0.25, 0.3) is 0 Å². The van der Waals surface area contributed by atoms with Crippen LogP contribution in [0.15, 0.2) is 53.6 Å². The number of carbonyl (C=O) groups is 1. The zero-order chi connectivity index (χ0) is 17.2. The number of benzene rings is 1. The van der Waals surface area contributed by atoms with E-state index in [9.17, 15) is 4.79 Å². The fourth-order valence-corrected chi connectivity index (χ4v) is 2.48. The predicted molar refractivity (Wildman–Crippen MR) is 90.6 cm³/mol. The first-order chi connectivity index (χ1) is 12.2. The standard InChI is InChI=1S/C17H14N6O2/c1-11-19-8-15(25-11)12-2-3-14-13(6-12)7-16(22-21-14)20-17(24)9-23-5-4-18-10-23/h2-8,10H,9H2,1H3,(H,20,22,24). The first kappa shape index (κ1) is 15.0. The number of anilines is 1. The Morgan fingerprint density at radius 1 is 1.28 bits per heavy atom. The molecule has 1 amide bonds. The van der Waals surface area contributed by atoms with E-state index >= 15 is 0 Å². The van der Waals surface area contributed by atoms with Crippen LogP contribution >= 0.6 is 0 Å². The second kappa shape index (κ2) is 6.16. The molecule has 0 aliphatic rings. The van der Waals surface area contributed by atoms with Crippen molar-refractivity contribution >= 4 is 22.6 Å². The average molecular weight is 334 g/mol. The lowest BCUT2D eigenvalue weighted by atomic mass is 10.1. The van der Waals surface area contributed by atoms with Crippen molar-refractivity contribution in [3.05, 3.63) is 55.1 Å². The van der Waals surface area contributed by atoms with Crippen LogP contribution in [0.3, 0.4) is 0 Å². The van der Waals surface area contributed by atoms with Gasteiger partial charge in [-0.25, -0.2) is 9.97 Å². The average Bonchev–Trinajstić information content (AvgIpc) is 3.26. The van der Waals surface area contributed by atoms with Gasteiger partial charge in [0.15, 0.2) is 17.5 Å². The number of rotatable bonds is 4. The highest BCUT2D eigenvalue weighted by Gasteiger charge is 2.09. The lowest BCUT2D eigenvalue weighted by molar-refractivity contribution is -0.116. The van der Waals surface area contributed by atoms with Crippen LogP contribution < -0.4 is 5.32 Å². The second-order valence-electron chi connectivity index (χ2n) is 5.53. The molecule has 4 aromatic rings. The molecule has 25 heavy (non-hydrogen) atoms. The number of carbonyl (C=O) groups excluding carboxylic acids is 1. The van der Waals surface area contributed by atoms with E-state index in [-0.39, 0.29) is 12.5 Å². The van der Waals surface area contributed by atoms with Crippen molar-refractivity contribution in [1.82, 2.24) is 24.7 Å². The molecule has 0 saturated carbocycles. The van der Waals surface area contributed by atoms with Gasteiger partial charge in [0, 0.05) is 30.3 Å². The highest BCUT2D eigenvalue weighted by molar-refractivity contribution is 5.92. The van der Waals surface area contributed by atoms with Gasteiger partial charge in [-0.05, 0) is 24.3 Å². The lowest BCUT2D eigenvalue weighted by Crippen LogP contribution is -2.18. The molecule has 0 saturated heterocycles. The number of imidazole rings is 1. The summed E-state index contributed by atoms with van der Waals surface area (Å²) in [5.41, 5.74) is 1.62. The smallest absolute Gasteiger partial charge is 0.245 e. The first-order valence-electron chi connectivity index (χ1n) is 7.63. The van der Waals surface area contributed by atoms with E-state index in [1.54, 1.807) is 42.5 Å². The van der Waals surface area contributed by atoms with Crippen LogP contribution in [-0.4, -0.2) is 30.6 Å². The van der Waals surface area contributed by atoms with Crippen molar-refractivity contribution in [3.63, 3.8) is 0 Å². The third-order valence-corrected chi connectivity index (χ3v) is 3.64. The number of aromatic nitrogens is 5. The van der Waals surface area contributed by atoms with Gasteiger partial charge < -0.3 is 14.3 Å². The van der Waals surface area contributed by atoms with Crippen LogP contribution in [0.5, 0.6) is 0 Å². The Morgan fingerprint density at radius 3 is 2.96 bits per heavy atom. The van der Waals surface area contributed by atoms with Crippen LogP contribution in [0.1, 0.15) is 5.89 Å². The molecule has 4 rings (SSSR count). The number of amides is 1. The van der Waals surface area contributed by atoms with E-state index in [0.717, 1.165) is 16.5 Å². The van der Waals surface area contributed by atoms with Crippen LogP contribution in [0, 0.1) is 6.92 Å². The van der Waals surface area contributed by atoms with E-state index in [1.807, 2.05) is 18.2 Å². The Labute approximate surface area is 142 Å². The largest absolute Gasteiger partial charge is 0.441 e. The lowest BCUT2D eigenvalue weighted by Gasteiger charge is -2.06. The maximum absolute atomic E-state index is 12.1. The molecule has 8 nitrogen and oxygen atoms in total. The van der Waals surface area contributed by atoms with Gasteiger partial charge in [0.05, 0.1) is 18.0 Å². The highest BCUT2D eigenvalue weighted by atomic mass is 16.4. The summed E-state index contributed by atoms with van der Waals surface area (Å²) in [6.45, 7) is 1.96. The molecule has 0 bridgehead atoms. The van der Waals surface area contributed by atoms with Gasteiger partial charge >= 0.3 is 0 Å². The zero-order valence-electron chi connectivity index (χ0n) is 13.4. The summed E-state index contributed by atoms with van der Waals surface area (Å²) in [6.07, 6.45) is 6.60. The molecular formula is C17H14N6O2. The van der Waals surface area contributed by atoms with E-state index in [4.69, 9.17) is 4.42 Å². The summed E-state index contributed by atoms with van der Waals surface area (Å²) in [6, 6.07) is 7.46. The number of hydrogen-bond donors (Lipinski definition) is 1. The number of oxazole rings is 1. The van der Waals surface area contributed by atoms with Crippen LogP contribution in [0.2, 0.25) is 0 Å². The van der Waals surface area contributed by atoms with Gasteiger partial charge in [-0.1, -0.05) is 0 Å². The number of fused-ring (bicyclic) bond motifs is 1. The number of nitrogens with zero attached hydrogens (tertiary/aromatic N) is 5. The molecule has 1 N–H and O–H groups in total. The number of nitrogens with one attached hydrogen (secondary N) is 1. The summed E-state index contributed by atoms with van der Waals surface area (Å²) in [5.74, 6) is 1.48. The SMILES string of the molecule is Cc1ncc(-c2ccc3nnc(NC(=O)Cn4ccnc4)cc3c2)o1. The third kappa shape index (κ3) is 3.23. The fraction of sp³-hybridized carbons (Fsp3) is 0.118. The summed E-state index contributed by atoms with van der Waals surface area (Å²) >= 11 is 0. The molecule has 0 atom stereocenters. The minimum absolute atomic E-state index is 0.164. The molecule has 0 unspecified atom stereocenters. The molecular weight excluding hydrogens is 320 g/mol. The van der Waals surface area contributed by atoms with E-state index < -0.39 is 0 Å². The van der Waals surface area contributed by atoms with E-state index in [0.29, 0.717) is 17.5 Å². The van der Waals surface area contributed by atoms with Crippen molar-refractivity contribution in [3.8, 4) is 11.3 Å². The maximum Gasteiger partial charge on any atom is 0.245 e. The first-order valence-corrected chi connectivity index (χ1v) is 7.63. The van der Waals surface area contributed by atoms with Gasteiger partial charge in [-0.3, -0.25) is 4.79 Å². The van der Waals surface area contributed by atoms with Crippen molar-refractivity contribution < 1.29 is 9.21 Å². The third-order valence-electron chi connectivity index (χ3n) is 3.64. The van der Waals surface area contributed by atoms with Gasteiger partial charge in [0.1, 0.15) is 6.54 Å². The Morgan fingerprint density at radius 2 is 2.20 bits per heavy atom. The van der Waals surface area contributed by atoms with E-state index in [2.05, 4.69) is 25.5 Å². The van der Waals surface area contributed by atoms with Gasteiger partial charge in [0.2, 0.25) is 5.91 Å². The zero-order valence-corrected chi connectivity index (χ0v) is 13.4. The predicted octanol–water partition coefficient (Wildman–Crippen LogP) is 2.43. The summed E-state index contributed by atoms with van der Waals surface area (Å²) in [4.78, 5) is 20.1. The normalized spacial score (nSPS) is 10.9. The van der Waals surface area contributed by atoms with Crippen molar-refractivity contribution in [1.29, 1.82) is 0 Å². The Balaban J connectivity index is 1.59. The van der Waals surface area contributed by atoms with E-state index in [1.165, 1.54) is 0 Å². The molecule has 0 radical (unpaired) electrons. The quantitative estimate of drug-likeness (QED) is 0.615. The van der Waals surface area contributed by atoms with Crippen LogP contribution in [-0.2, 0) is 11.3 Å². The molecule has 8 heteroatoms. The second-order valence-corrected chi connectivity index (χ2v) is 5.53. The molecule has 3 heterocycles. The van der Waals surface area contributed by atoms with Gasteiger partial charge in [-0.2, -0.15) is 0 Å². The maximum atomic E-state index is 12.1. The Bertz CT molecular complexity index is 1040. The molecule has 0 aliphatic carbocycles. The Hall–Kier alpha value is -3.55. The molecule has 0 spiro atoms. The summed E-state index contributed by atoms with van der Waals surface area (Å²) in [7, 11) is 0. The Kier molecular flexibility index (Phi) is 3.70. The summed E-state index contributed by atoms with van der Waals surface area (Å²) in [5, 5.41) is 11.8. The van der Waals surface area contributed by atoms with Gasteiger partial charge in [-0.15, -0.1) is 10.2 Å². The van der Waals surface area contributed by atoms with Crippen LogP contribution in [0.25, 0.3) is 22.2 Å². The monoisotopic (exact) mass is 334 g/mol. The number of aryl methyl sites for hydroxylation is 1. The molecule has 0 aliphatic heterocycles. The molecule has 0 fully saturated rings. The number of hydrogen-bond acceptors (Lipinski definition) is 6. The summed E-state index contributed by atoms with van der Waals surface area (Å²) < 4.78 is 7.22. The minimum Gasteiger partial charge on any atom is -0.441 e. The molecule has 124 valence electrons. The highest BCUT2D eigenvalue weighted by Crippen LogP contribution is 2.25. The molecule has 3 aromatic heterocycles.